The van der Waals surface area contributed by atoms with Gasteiger partial charge in [0.25, 0.3) is 0 Å². The van der Waals surface area contributed by atoms with Crippen molar-refractivity contribution >= 4 is 0 Å². The number of likely N-dealkylation sites (N-methyl/N-ethyl adjacent to an activating group) is 2. The van der Waals surface area contributed by atoms with Crippen LogP contribution in [0.1, 0.15) is 34.6 Å². The molecule has 0 aliphatic carbocycles. The van der Waals surface area contributed by atoms with E-state index in [2.05, 4.69) is 5.32 Å². The van der Waals surface area contributed by atoms with E-state index in [-0.39, 0.29) is 5.41 Å². The second-order valence-corrected chi connectivity index (χ2v) is 5.44. The maximum Gasteiger partial charge on any atom is 0.163 e. The van der Waals surface area contributed by atoms with Gasteiger partial charge in [-0.2, -0.15) is 0 Å². The Kier molecular flexibility index (Phi) is 4.37. The highest BCUT2D eigenvalue weighted by Gasteiger charge is 2.45. The second kappa shape index (κ2) is 4.54. The van der Waals surface area contributed by atoms with Crippen LogP contribution in [-0.4, -0.2) is 36.9 Å². The molecule has 0 aromatic carbocycles. The van der Waals surface area contributed by atoms with Gasteiger partial charge in [0.05, 0.1) is 5.70 Å². The third-order valence-electron chi connectivity index (χ3n) is 2.79. The Morgan fingerprint density at radius 1 is 1.13 bits per heavy atom. The Labute approximate surface area is 94.2 Å². The summed E-state index contributed by atoms with van der Waals surface area (Å²) in [6, 6.07) is 0. The van der Waals surface area contributed by atoms with E-state index >= 15 is 0 Å². The number of hydrogen-bond acceptors (Lipinski definition) is 3. The van der Waals surface area contributed by atoms with Gasteiger partial charge in [-0.15, -0.1) is 0 Å². The van der Waals surface area contributed by atoms with Gasteiger partial charge in [-0.05, 0) is 27.9 Å². The van der Waals surface area contributed by atoms with Gasteiger partial charge in [0.2, 0.25) is 0 Å². The first-order valence-corrected chi connectivity index (χ1v) is 5.34. The molecule has 0 fully saturated rings. The van der Waals surface area contributed by atoms with Crippen molar-refractivity contribution in [2.24, 2.45) is 5.41 Å². The van der Waals surface area contributed by atoms with E-state index in [1.54, 1.807) is 0 Å². The number of aliphatic hydroxyl groups is 1. The third-order valence-corrected chi connectivity index (χ3v) is 2.79. The van der Waals surface area contributed by atoms with Crippen LogP contribution in [0.5, 0.6) is 0 Å². The fourth-order valence-electron chi connectivity index (χ4n) is 2.04. The molecule has 0 radical (unpaired) electrons. The molecule has 3 nitrogen and oxygen atoms in total. The molecule has 1 unspecified atom stereocenters. The van der Waals surface area contributed by atoms with E-state index in [4.69, 9.17) is 0 Å². The van der Waals surface area contributed by atoms with Crippen molar-refractivity contribution in [2.45, 2.75) is 40.3 Å². The zero-order chi connectivity index (χ0) is 12.4. The largest absolute Gasteiger partial charge is 0.388 e. The van der Waals surface area contributed by atoms with Crippen molar-refractivity contribution in [1.29, 1.82) is 0 Å². The maximum absolute atomic E-state index is 10.9. The average molecular weight is 214 g/mol. The van der Waals surface area contributed by atoms with E-state index in [9.17, 15) is 5.11 Å². The zero-order valence-electron chi connectivity index (χ0n) is 11.4. The van der Waals surface area contributed by atoms with Gasteiger partial charge in [-0.25, -0.2) is 0 Å². The van der Waals surface area contributed by atoms with Crippen molar-refractivity contribution in [3.05, 3.63) is 11.3 Å². The van der Waals surface area contributed by atoms with Crippen LogP contribution in [0.15, 0.2) is 11.3 Å². The summed E-state index contributed by atoms with van der Waals surface area (Å²) in [5, 5.41) is 14.0. The third kappa shape index (κ3) is 2.52. The minimum atomic E-state index is -0.972. The first-order chi connectivity index (χ1) is 6.59. The SMILES string of the molecule is CNC(=C(C)C)C(O)(N(C)C)C(C)(C)C. The lowest BCUT2D eigenvalue weighted by Gasteiger charge is -2.47. The molecule has 0 aliphatic rings. The van der Waals surface area contributed by atoms with E-state index in [1.165, 1.54) is 0 Å². The summed E-state index contributed by atoms with van der Waals surface area (Å²) in [4.78, 5) is 1.85. The Morgan fingerprint density at radius 3 is 1.60 bits per heavy atom. The molecule has 0 spiro atoms. The van der Waals surface area contributed by atoms with Crippen LogP contribution in [0.3, 0.4) is 0 Å². The van der Waals surface area contributed by atoms with Crippen molar-refractivity contribution in [3.8, 4) is 0 Å². The Bertz CT molecular complexity index is 247. The van der Waals surface area contributed by atoms with Gasteiger partial charge in [0, 0.05) is 12.5 Å². The summed E-state index contributed by atoms with van der Waals surface area (Å²) >= 11 is 0. The molecule has 90 valence electrons. The predicted octanol–water partition coefficient (Wildman–Crippen LogP) is 1.80. The summed E-state index contributed by atoms with van der Waals surface area (Å²) in [6.07, 6.45) is 0. The molecule has 0 aromatic heterocycles. The van der Waals surface area contributed by atoms with E-state index in [0.717, 1.165) is 11.3 Å². The van der Waals surface area contributed by atoms with E-state index in [1.807, 2.05) is 60.7 Å². The quantitative estimate of drug-likeness (QED) is 0.703. The van der Waals surface area contributed by atoms with Gasteiger partial charge < -0.3 is 10.4 Å². The number of allylic oxidation sites excluding steroid dienone is 1. The topological polar surface area (TPSA) is 35.5 Å². The van der Waals surface area contributed by atoms with Crippen LogP contribution in [0.4, 0.5) is 0 Å². The Hall–Kier alpha value is -0.540. The lowest BCUT2D eigenvalue weighted by molar-refractivity contribution is -0.132. The zero-order valence-corrected chi connectivity index (χ0v) is 11.4. The molecule has 0 bridgehead atoms. The Morgan fingerprint density at radius 2 is 1.53 bits per heavy atom. The fourth-order valence-corrected chi connectivity index (χ4v) is 2.04. The molecule has 0 saturated heterocycles. The highest BCUT2D eigenvalue weighted by Crippen LogP contribution is 2.37. The molecule has 0 rings (SSSR count). The molecule has 0 aromatic rings. The summed E-state index contributed by atoms with van der Waals surface area (Å²) < 4.78 is 0. The van der Waals surface area contributed by atoms with Crippen LogP contribution in [-0.2, 0) is 0 Å². The molecule has 1 atom stereocenters. The first kappa shape index (κ1) is 14.5. The molecular weight excluding hydrogens is 188 g/mol. The summed E-state index contributed by atoms with van der Waals surface area (Å²) in [6.45, 7) is 10.1. The van der Waals surface area contributed by atoms with Crippen LogP contribution < -0.4 is 5.32 Å². The first-order valence-electron chi connectivity index (χ1n) is 5.34. The van der Waals surface area contributed by atoms with Crippen LogP contribution in [0.25, 0.3) is 0 Å². The van der Waals surface area contributed by atoms with Gasteiger partial charge in [0.1, 0.15) is 0 Å². The van der Waals surface area contributed by atoms with Crippen LogP contribution >= 0.6 is 0 Å². The summed E-state index contributed by atoms with van der Waals surface area (Å²) in [5.74, 6) is 0. The molecular formula is C12H26N2O. The normalized spacial score (nSPS) is 16.1. The lowest BCUT2D eigenvalue weighted by Crippen LogP contribution is -2.58. The van der Waals surface area contributed by atoms with Crippen molar-refractivity contribution in [1.82, 2.24) is 10.2 Å². The molecule has 0 heterocycles. The maximum atomic E-state index is 10.9. The lowest BCUT2D eigenvalue weighted by atomic mass is 9.79. The summed E-state index contributed by atoms with van der Waals surface area (Å²) in [5.41, 5.74) is 0.746. The predicted molar refractivity (Wildman–Crippen MR) is 65.5 cm³/mol. The average Bonchev–Trinajstić information content (AvgIpc) is 2.01. The van der Waals surface area contributed by atoms with Gasteiger partial charge in [-0.3, -0.25) is 4.90 Å². The Balaban J connectivity index is 5.61. The number of nitrogens with one attached hydrogen (secondary N) is 1. The molecule has 2 N–H and O–H groups in total. The molecule has 3 heteroatoms. The van der Waals surface area contributed by atoms with Gasteiger partial charge >= 0.3 is 0 Å². The van der Waals surface area contributed by atoms with Crippen LogP contribution in [0, 0.1) is 5.41 Å². The van der Waals surface area contributed by atoms with E-state index < -0.39 is 5.72 Å². The highest BCUT2D eigenvalue weighted by atomic mass is 16.3. The molecule has 0 amide bonds. The van der Waals surface area contributed by atoms with Gasteiger partial charge in [-0.1, -0.05) is 26.3 Å². The number of hydrogen-bond donors (Lipinski definition) is 2. The minimum Gasteiger partial charge on any atom is -0.388 e. The number of nitrogens with zero attached hydrogens (tertiary/aromatic N) is 1. The molecule has 0 saturated carbocycles. The second-order valence-electron chi connectivity index (χ2n) is 5.44. The van der Waals surface area contributed by atoms with E-state index in [0.29, 0.717) is 0 Å². The summed E-state index contributed by atoms with van der Waals surface area (Å²) in [7, 11) is 5.64. The number of rotatable bonds is 3. The van der Waals surface area contributed by atoms with Gasteiger partial charge in [0.15, 0.2) is 5.72 Å². The van der Waals surface area contributed by atoms with Crippen molar-refractivity contribution in [3.63, 3.8) is 0 Å². The fraction of sp³-hybridized carbons (Fsp3) is 0.833. The van der Waals surface area contributed by atoms with Crippen LogP contribution in [0.2, 0.25) is 0 Å². The molecule has 0 aliphatic heterocycles. The monoisotopic (exact) mass is 214 g/mol. The highest BCUT2D eigenvalue weighted by molar-refractivity contribution is 5.22. The van der Waals surface area contributed by atoms with Crippen molar-refractivity contribution in [2.75, 3.05) is 21.1 Å². The van der Waals surface area contributed by atoms with Crippen molar-refractivity contribution < 1.29 is 5.11 Å². The smallest absolute Gasteiger partial charge is 0.163 e. The standard InChI is InChI=1S/C12H26N2O/c1-9(2)10(13-6)12(15,14(7)8)11(3,4)5/h13,15H,1-8H3. The molecule has 15 heavy (non-hydrogen) atoms. The minimum absolute atomic E-state index is 0.258.